The molecule has 3 N–H and O–H groups in total. The molecule has 0 saturated heterocycles. The molecule has 0 aliphatic carbocycles. The quantitative estimate of drug-likeness (QED) is 0.890. The molecule has 0 radical (unpaired) electrons. The lowest BCUT2D eigenvalue weighted by molar-refractivity contribution is -0.117. The summed E-state index contributed by atoms with van der Waals surface area (Å²) in [6.07, 6.45) is 3.28. The molecule has 1 unspecified atom stereocenters. The number of nitrogens with one attached hydrogen (secondary N) is 1. The summed E-state index contributed by atoms with van der Waals surface area (Å²) in [5.41, 5.74) is 7.12. The van der Waals surface area contributed by atoms with E-state index in [1.807, 2.05) is 6.07 Å². The van der Waals surface area contributed by atoms with Gasteiger partial charge in [0.1, 0.15) is 11.8 Å². The van der Waals surface area contributed by atoms with Crippen LogP contribution in [-0.2, 0) is 11.8 Å². The smallest absolute Gasteiger partial charge is 0.246 e. The molecule has 1 heterocycles. The predicted octanol–water partition coefficient (Wildman–Crippen LogP) is 1.83. The van der Waals surface area contributed by atoms with Crippen LogP contribution >= 0.6 is 15.9 Å². The Morgan fingerprint density at radius 2 is 2.30 bits per heavy atom. The highest BCUT2D eigenvalue weighted by Gasteiger charge is 2.18. The van der Waals surface area contributed by atoms with Gasteiger partial charge in [0.2, 0.25) is 5.91 Å². The van der Waals surface area contributed by atoms with Crippen molar-refractivity contribution in [3.05, 3.63) is 40.6 Å². The van der Waals surface area contributed by atoms with E-state index in [1.165, 1.54) is 0 Å². The van der Waals surface area contributed by atoms with Crippen molar-refractivity contribution in [3.8, 4) is 5.75 Å². The Morgan fingerprint density at radius 3 is 2.90 bits per heavy atom. The van der Waals surface area contributed by atoms with Gasteiger partial charge >= 0.3 is 0 Å². The molecule has 0 saturated carbocycles. The number of aryl methyl sites for hydroxylation is 1. The van der Waals surface area contributed by atoms with Gasteiger partial charge in [0.15, 0.2) is 0 Å². The summed E-state index contributed by atoms with van der Waals surface area (Å²) in [4.78, 5) is 12.2. The number of amides is 1. The number of methoxy groups -OCH3 is 1. The van der Waals surface area contributed by atoms with Crippen molar-refractivity contribution in [2.75, 3.05) is 12.4 Å². The Morgan fingerprint density at radius 1 is 1.55 bits per heavy atom. The number of halogens is 1. The number of nitrogens with two attached hydrogens (primary N) is 1. The molecule has 0 spiro atoms. The van der Waals surface area contributed by atoms with E-state index in [1.54, 1.807) is 43.4 Å². The highest BCUT2D eigenvalue weighted by Crippen LogP contribution is 2.28. The number of aromatic nitrogens is 2. The maximum atomic E-state index is 12.2. The molecular formula is C13H15BrN4O2. The fraction of sp³-hybridized carbons (Fsp3) is 0.231. The Labute approximate surface area is 125 Å². The van der Waals surface area contributed by atoms with Crippen LogP contribution in [0.1, 0.15) is 11.6 Å². The molecule has 1 aromatic heterocycles. The highest BCUT2D eigenvalue weighted by molar-refractivity contribution is 9.10. The third-order valence-corrected chi connectivity index (χ3v) is 3.28. The molecule has 0 aliphatic rings. The molecule has 2 aromatic rings. The van der Waals surface area contributed by atoms with Crippen LogP contribution in [0.5, 0.6) is 5.75 Å². The van der Waals surface area contributed by atoms with Crippen LogP contribution in [0.15, 0.2) is 35.1 Å². The first-order valence-corrected chi connectivity index (χ1v) is 6.69. The van der Waals surface area contributed by atoms with Crippen molar-refractivity contribution in [1.82, 2.24) is 9.78 Å². The van der Waals surface area contributed by atoms with E-state index < -0.39 is 6.04 Å². The van der Waals surface area contributed by atoms with Crippen molar-refractivity contribution < 1.29 is 9.53 Å². The third-order valence-electron chi connectivity index (χ3n) is 2.79. The van der Waals surface area contributed by atoms with E-state index in [0.29, 0.717) is 17.0 Å². The van der Waals surface area contributed by atoms with Gasteiger partial charge in [0.05, 0.1) is 19.0 Å². The zero-order valence-electron chi connectivity index (χ0n) is 11.1. The van der Waals surface area contributed by atoms with Gasteiger partial charge in [-0.3, -0.25) is 9.48 Å². The molecule has 7 heteroatoms. The second-order valence-corrected chi connectivity index (χ2v) is 5.17. The standard InChI is InChI=1S/C13H15BrN4O2/c1-18-7-8(6-16-18)12(15)13(19)17-10-5-9(14)3-4-11(10)20-2/h3-7,12H,15H2,1-2H3,(H,17,19). The first-order chi connectivity index (χ1) is 9.51. The maximum Gasteiger partial charge on any atom is 0.246 e. The fourth-order valence-corrected chi connectivity index (χ4v) is 2.10. The first-order valence-electron chi connectivity index (χ1n) is 5.90. The number of hydrogen-bond acceptors (Lipinski definition) is 4. The van der Waals surface area contributed by atoms with Crippen LogP contribution in [0.3, 0.4) is 0 Å². The van der Waals surface area contributed by atoms with Gasteiger partial charge in [0, 0.05) is 23.3 Å². The topological polar surface area (TPSA) is 82.2 Å². The van der Waals surface area contributed by atoms with Crippen molar-refractivity contribution >= 4 is 27.5 Å². The lowest BCUT2D eigenvalue weighted by atomic mass is 10.1. The SMILES string of the molecule is COc1ccc(Br)cc1NC(=O)C(N)c1cnn(C)c1. The van der Waals surface area contributed by atoms with Gasteiger partial charge in [-0.05, 0) is 18.2 Å². The minimum Gasteiger partial charge on any atom is -0.495 e. The second-order valence-electron chi connectivity index (χ2n) is 4.26. The van der Waals surface area contributed by atoms with E-state index in [-0.39, 0.29) is 5.91 Å². The summed E-state index contributed by atoms with van der Waals surface area (Å²) in [7, 11) is 3.31. The normalized spacial score (nSPS) is 12.0. The molecule has 2 rings (SSSR count). The average molecular weight is 339 g/mol. The van der Waals surface area contributed by atoms with E-state index >= 15 is 0 Å². The average Bonchev–Trinajstić information content (AvgIpc) is 2.84. The fourth-order valence-electron chi connectivity index (χ4n) is 1.74. The molecule has 6 nitrogen and oxygen atoms in total. The summed E-state index contributed by atoms with van der Waals surface area (Å²) in [6, 6.07) is 4.56. The van der Waals surface area contributed by atoms with E-state index in [4.69, 9.17) is 10.5 Å². The molecule has 1 atom stereocenters. The largest absolute Gasteiger partial charge is 0.495 e. The number of ether oxygens (including phenoxy) is 1. The van der Waals surface area contributed by atoms with Crippen LogP contribution in [0, 0.1) is 0 Å². The van der Waals surface area contributed by atoms with Crippen LogP contribution < -0.4 is 15.8 Å². The molecule has 0 aliphatic heterocycles. The van der Waals surface area contributed by atoms with Gasteiger partial charge in [-0.1, -0.05) is 15.9 Å². The van der Waals surface area contributed by atoms with Crippen molar-refractivity contribution in [2.24, 2.45) is 12.8 Å². The number of rotatable bonds is 4. The molecular weight excluding hydrogens is 324 g/mol. The van der Waals surface area contributed by atoms with Gasteiger partial charge in [-0.25, -0.2) is 0 Å². The van der Waals surface area contributed by atoms with Crippen molar-refractivity contribution in [3.63, 3.8) is 0 Å². The first kappa shape index (κ1) is 14.5. The molecule has 1 aromatic carbocycles. The summed E-state index contributed by atoms with van der Waals surface area (Å²) in [5.74, 6) is 0.245. The summed E-state index contributed by atoms with van der Waals surface area (Å²) >= 11 is 3.35. The minimum atomic E-state index is -0.785. The van der Waals surface area contributed by atoms with Crippen molar-refractivity contribution in [1.29, 1.82) is 0 Å². The monoisotopic (exact) mass is 338 g/mol. The number of carbonyl (C=O) groups excluding carboxylic acids is 1. The Balaban J connectivity index is 2.17. The molecule has 0 fully saturated rings. The minimum absolute atomic E-state index is 0.325. The predicted molar refractivity (Wildman–Crippen MR) is 79.5 cm³/mol. The van der Waals surface area contributed by atoms with Gasteiger partial charge < -0.3 is 15.8 Å². The number of nitrogens with zero attached hydrogens (tertiary/aromatic N) is 2. The van der Waals surface area contributed by atoms with Gasteiger partial charge in [-0.15, -0.1) is 0 Å². The zero-order chi connectivity index (χ0) is 14.7. The zero-order valence-corrected chi connectivity index (χ0v) is 12.7. The van der Waals surface area contributed by atoms with E-state index in [2.05, 4.69) is 26.3 Å². The molecule has 0 bridgehead atoms. The van der Waals surface area contributed by atoms with Crippen LogP contribution in [-0.4, -0.2) is 22.8 Å². The Kier molecular flexibility index (Phi) is 4.41. The number of anilines is 1. The maximum absolute atomic E-state index is 12.2. The lowest BCUT2D eigenvalue weighted by Crippen LogP contribution is -2.27. The Bertz CT molecular complexity index is 627. The van der Waals surface area contributed by atoms with E-state index in [0.717, 1.165) is 4.47 Å². The van der Waals surface area contributed by atoms with Crippen LogP contribution in [0.25, 0.3) is 0 Å². The number of hydrogen-bond donors (Lipinski definition) is 2. The van der Waals surface area contributed by atoms with Gasteiger partial charge in [0.25, 0.3) is 0 Å². The Hall–Kier alpha value is -1.86. The van der Waals surface area contributed by atoms with Crippen molar-refractivity contribution in [2.45, 2.75) is 6.04 Å². The number of benzene rings is 1. The van der Waals surface area contributed by atoms with Crippen LogP contribution in [0.2, 0.25) is 0 Å². The molecule has 106 valence electrons. The van der Waals surface area contributed by atoms with E-state index in [9.17, 15) is 4.79 Å². The molecule has 1 amide bonds. The third kappa shape index (κ3) is 3.17. The summed E-state index contributed by atoms with van der Waals surface area (Å²) in [5, 5.41) is 6.75. The summed E-state index contributed by atoms with van der Waals surface area (Å²) in [6.45, 7) is 0. The summed E-state index contributed by atoms with van der Waals surface area (Å²) < 4.78 is 7.63. The van der Waals surface area contributed by atoms with Gasteiger partial charge in [-0.2, -0.15) is 5.10 Å². The lowest BCUT2D eigenvalue weighted by Gasteiger charge is -2.13. The molecule has 20 heavy (non-hydrogen) atoms. The van der Waals surface area contributed by atoms with Crippen LogP contribution in [0.4, 0.5) is 5.69 Å². The highest BCUT2D eigenvalue weighted by atomic mass is 79.9. The number of carbonyl (C=O) groups is 1. The second kappa shape index (κ2) is 6.06.